The molecule has 2 heteroatoms. The van der Waals surface area contributed by atoms with Gasteiger partial charge in [0.25, 0.3) is 0 Å². The Morgan fingerprint density at radius 2 is 1.90 bits per heavy atom. The molecule has 0 N–H and O–H groups in total. The average Bonchev–Trinajstić information content (AvgIpc) is 1.59. The fourth-order valence-corrected chi connectivity index (χ4v) is 1.50. The maximum atomic E-state index is 11.0. The van der Waals surface area contributed by atoms with Crippen LogP contribution in [0.25, 0.3) is 0 Å². The van der Waals surface area contributed by atoms with Gasteiger partial charge in [-0.25, -0.2) is 0 Å². The molecule has 1 nitrogen and oxygen atoms in total. The van der Waals surface area contributed by atoms with Gasteiger partial charge in [-0.05, 0) is 11.2 Å². The topological polar surface area (TPSA) is 17.1 Å². The van der Waals surface area contributed by atoms with Gasteiger partial charge in [0.1, 0.15) is 0 Å². The van der Waals surface area contributed by atoms with E-state index in [2.05, 4.69) is 20.8 Å². The molecule has 0 aliphatic carbocycles. The van der Waals surface area contributed by atoms with Crippen molar-refractivity contribution >= 4 is 16.9 Å². The lowest BCUT2D eigenvalue weighted by molar-refractivity contribution is -0.112. The second-order valence-electron chi connectivity index (χ2n) is 3.54. The predicted octanol–water partition coefficient (Wildman–Crippen LogP) is 2.70. The largest absolute Gasteiger partial charge is 0.287 e. The maximum absolute atomic E-state index is 11.0. The molecule has 0 amide bonds. The Hall–Kier alpha value is 0.0200. The molecule has 0 aromatic heterocycles. The third-order valence-corrected chi connectivity index (χ3v) is 1.73. The summed E-state index contributed by atoms with van der Waals surface area (Å²) >= 11 is 1.42. The molecule has 0 aliphatic rings. The van der Waals surface area contributed by atoms with Gasteiger partial charge < -0.3 is 0 Å². The minimum atomic E-state index is 0.152. The first-order valence-corrected chi connectivity index (χ1v) is 4.60. The van der Waals surface area contributed by atoms with E-state index in [0.717, 1.165) is 5.75 Å². The van der Waals surface area contributed by atoms with Crippen molar-refractivity contribution in [1.29, 1.82) is 0 Å². The summed E-state index contributed by atoms with van der Waals surface area (Å²) in [5, 5.41) is 0.315. The van der Waals surface area contributed by atoms with Crippen molar-refractivity contribution in [2.45, 2.75) is 34.1 Å². The van der Waals surface area contributed by atoms with Crippen molar-refractivity contribution in [3.63, 3.8) is 0 Å². The molecule has 60 valence electrons. The first kappa shape index (κ1) is 10.0. The minimum absolute atomic E-state index is 0.152. The summed E-state index contributed by atoms with van der Waals surface area (Å²) in [6, 6.07) is 0. The molecule has 0 radical (unpaired) electrons. The molecular weight excluding hydrogens is 144 g/mol. The van der Waals surface area contributed by atoms with E-state index in [4.69, 9.17) is 0 Å². The maximum Gasteiger partial charge on any atom is 0.189 e. The van der Waals surface area contributed by atoms with Gasteiger partial charge in [0.05, 0.1) is 0 Å². The van der Waals surface area contributed by atoms with Crippen LogP contribution in [0.15, 0.2) is 0 Å². The van der Waals surface area contributed by atoms with Gasteiger partial charge in [-0.3, -0.25) is 4.79 Å². The first-order valence-electron chi connectivity index (χ1n) is 3.61. The highest BCUT2D eigenvalue weighted by Crippen LogP contribution is 2.22. The molecule has 0 aromatic rings. The predicted molar refractivity (Wildman–Crippen MR) is 47.2 cm³/mol. The fraction of sp³-hybridized carbons (Fsp3) is 0.875. The molecule has 0 spiro atoms. The average molecular weight is 160 g/mol. The Kier molecular flexibility index (Phi) is 4.02. The number of hydrogen-bond acceptors (Lipinski definition) is 2. The molecule has 0 bridgehead atoms. The molecule has 0 saturated carbocycles. The molecule has 0 atom stereocenters. The fourth-order valence-electron chi connectivity index (χ4n) is 0.645. The van der Waals surface area contributed by atoms with E-state index < -0.39 is 0 Å². The van der Waals surface area contributed by atoms with Gasteiger partial charge in [-0.15, -0.1) is 0 Å². The third-order valence-electron chi connectivity index (χ3n) is 0.980. The number of rotatable bonds is 2. The smallest absolute Gasteiger partial charge is 0.189 e. The SMILES string of the molecule is CCSC(=O)CC(C)(C)C. The normalized spacial score (nSPS) is 11.6. The number of carbonyl (C=O) groups excluding carboxylic acids is 1. The van der Waals surface area contributed by atoms with Gasteiger partial charge in [-0.1, -0.05) is 39.5 Å². The molecule has 0 aliphatic heterocycles. The molecule has 0 saturated heterocycles. The zero-order valence-corrected chi connectivity index (χ0v) is 8.05. The summed E-state index contributed by atoms with van der Waals surface area (Å²) in [5.41, 5.74) is 0.152. The Bertz CT molecular complexity index is 113. The minimum Gasteiger partial charge on any atom is -0.287 e. The Morgan fingerprint density at radius 3 is 2.20 bits per heavy atom. The summed E-state index contributed by atoms with van der Waals surface area (Å²) in [4.78, 5) is 11.0. The first-order chi connectivity index (χ1) is 4.45. The molecule has 0 heterocycles. The quantitative estimate of drug-likeness (QED) is 0.618. The van der Waals surface area contributed by atoms with E-state index >= 15 is 0 Å². The Morgan fingerprint density at radius 1 is 1.40 bits per heavy atom. The zero-order chi connectivity index (χ0) is 8.20. The summed E-state index contributed by atoms with van der Waals surface area (Å²) in [6.07, 6.45) is 0.686. The van der Waals surface area contributed by atoms with Crippen LogP contribution in [-0.4, -0.2) is 10.9 Å². The van der Waals surface area contributed by atoms with Crippen molar-refractivity contribution in [1.82, 2.24) is 0 Å². The van der Waals surface area contributed by atoms with Crippen LogP contribution in [0.1, 0.15) is 34.1 Å². The number of carbonyl (C=O) groups is 1. The molecule has 0 unspecified atom stereocenters. The molecular formula is C8H16OS. The van der Waals surface area contributed by atoms with Gasteiger partial charge in [0, 0.05) is 6.42 Å². The van der Waals surface area contributed by atoms with Crippen molar-refractivity contribution in [3.05, 3.63) is 0 Å². The summed E-state index contributed by atoms with van der Waals surface area (Å²) in [6.45, 7) is 8.26. The number of thioether (sulfide) groups is 1. The second-order valence-corrected chi connectivity index (χ2v) is 4.86. The van der Waals surface area contributed by atoms with Crippen LogP contribution >= 0.6 is 11.8 Å². The van der Waals surface area contributed by atoms with Crippen LogP contribution in [0.5, 0.6) is 0 Å². The standard InChI is InChI=1S/C8H16OS/c1-5-10-7(9)6-8(2,3)4/h5-6H2,1-4H3. The van der Waals surface area contributed by atoms with Crippen LogP contribution < -0.4 is 0 Å². The molecule has 10 heavy (non-hydrogen) atoms. The van der Waals surface area contributed by atoms with E-state index in [9.17, 15) is 4.79 Å². The molecule has 0 rings (SSSR count). The Labute approximate surface area is 67.6 Å². The number of hydrogen-bond donors (Lipinski definition) is 0. The third kappa shape index (κ3) is 6.14. The summed E-state index contributed by atoms with van der Waals surface area (Å²) < 4.78 is 0. The lowest BCUT2D eigenvalue weighted by Gasteiger charge is -2.15. The van der Waals surface area contributed by atoms with Crippen molar-refractivity contribution in [2.24, 2.45) is 5.41 Å². The van der Waals surface area contributed by atoms with Crippen LogP contribution in [0.4, 0.5) is 0 Å². The monoisotopic (exact) mass is 160 g/mol. The van der Waals surface area contributed by atoms with Gasteiger partial charge in [-0.2, -0.15) is 0 Å². The second kappa shape index (κ2) is 4.02. The van der Waals surface area contributed by atoms with E-state index in [0.29, 0.717) is 11.5 Å². The lowest BCUT2D eigenvalue weighted by atomic mass is 9.93. The molecule has 0 fully saturated rings. The summed E-state index contributed by atoms with van der Waals surface area (Å²) in [7, 11) is 0. The van der Waals surface area contributed by atoms with Gasteiger partial charge >= 0.3 is 0 Å². The van der Waals surface area contributed by atoms with Crippen LogP contribution in [0.3, 0.4) is 0 Å². The van der Waals surface area contributed by atoms with Crippen LogP contribution in [0, 0.1) is 5.41 Å². The zero-order valence-electron chi connectivity index (χ0n) is 7.23. The van der Waals surface area contributed by atoms with Crippen LogP contribution in [-0.2, 0) is 4.79 Å². The van der Waals surface area contributed by atoms with E-state index in [-0.39, 0.29) is 5.41 Å². The highest BCUT2D eigenvalue weighted by molar-refractivity contribution is 8.13. The Balaban J connectivity index is 3.58. The van der Waals surface area contributed by atoms with E-state index in [1.807, 2.05) is 6.92 Å². The van der Waals surface area contributed by atoms with Gasteiger partial charge in [0.15, 0.2) is 5.12 Å². The van der Waals surface area contributed by atoms with E-state index in [1.54, 1.807) is 0 Å². The molecule has 0 aromatic carbocycles. The highest BCUT2D eigenvalue weighted by Gasteiger charge is 2.15. The van der Waals surface area contributed by atoms with Crippen molar-refractivity contribution in [3.8, 4) is 0 Å². The van der Waals surface area contributed by atoms with Crippen LogP contribution in [0.2, 0.25) is 0 Å². The van der Waals surface area contributed by atoms with Crippen molar-refractivity contribution < 1.29 is 4.79 Å². The van der Waals surface area contributed by atoms with E-state index in [1.165, 1.54) is 11.8 Å². The van der Waals surface area contributed by atoms with Crippen molar-refractivity contribution in [2.75, 3.05) is 5.75 Å². The highest BCUT2D eigenvalue weighted by atomic mass is 32.2. The lowest BCUT2D eigenvalue weighted by Crippen LogP contribution is -2.10. The van der Waals surface area contributed by atoms with Gasteiger partial charge in [0.2, 0.25) is 0 Å². The summed E-state index contributed by atoms with van der Waals surface area (Å²) in [5.74, 6) is 0.898.